The number of rotatable bonds is 5. The van der Waals surface area contributed by atoms with Crippen molar-refractivity contribution < 1.29 is 18.9 Å². The van der Waals surface area contributed by atoms with Gasteiger partial charge in [0.15, 0.2) is 5.76 Å². The van der Waals surface area contributed by atoms with Crippen LogP contribution in [0.15, 0.2) is 16.5 Å². The van der Waals surface area contributed by atoms with Gasteiger partial charge in [-0.3, -0.25) is 14.9 Å². The smallest absolute Gasteiger partial charge is 0.433 e. The molecule has 2 heterocycles. The summed E-state index contributed by atoms with van der Waals surface area (Å²) in [5.74, 6) is -0.736. The molecule has 0 amide bonds. The molecule has 2 aromatic heterocycles. The quantitative estimate of drug-likeness (QED) is 0.433. The van der Waals surface area contributed by atoms with Crippen LogP contribution in [0, 0.1) is 10.1 Å². The number of furan rings is 1. The van der Waals surface area contributed by atoms with E-state index in [1.54, 1.807) is 6.92 Å². The summed E-state index contributed by atoms with van der Waals surface area (Å²) in [6, 6.07) is 2.53. The van der Waals surface area contributed by atoms with Gasteiger partial charge in [-0.05, 0) is 23.4 Å². The van der Waals surface area contributed by atoms with Crippen molar-refractivity contribution in [1.82, 2.24) is 20.2 Å². The van der Waals surface area contributed by atoms with Gasteiger partial charge in [-0.25, -0.2) is 4.68 Å². The van der Waals surface area contributed by atoms with E-state index >= 15 is 0 Å². The maximum atomic E-state index is 11.3. The van der Waals surface area contributed by atoms with Gasteiger partial charge in [0.05, 0.1) is 12.7 Å². The largest absolute Gasteiger partial charge is 0.465 e. The molecule has 0 aliphatic heterocycles. The molecule has 0 unspecified atom stereocenters. The van der Waals surface area contributed by atoms with E-state index in [2.05, 4.69) is 15.5 Å². The number of ether oxygens (including phenoxy) is 1. The lowest BCUT2D eigenvalue weighted by molar-refractivity contribution is -0.401. The number of carbonyl (C=O) groups excluding carboxylic acids is 1. The molecule has 0 aliphatic carbocycles. The molecule has 0 aromatic carbocycles. The van der Waals surface area contributed by atoms with Crippen molar-refractivity contribution in [2.24, 2.45) is 0 Å². The first-order valence-corrected chi connectivity index (χ1v) is 5.28. The minimum Gasteiger partial charge on any atom is -0.465 e. The topological polar surface area (TPSA) is 126 Å². The lowest BCUT2D eigenvalue weighted by Crippen LogP contribution is -2.15. The van der Waals surface area contributed by atoms with Crippen molar-refractivity contribution in [2.75, 3.05) is 6.61 Å². The Morgan fingerprint density at radius 2 is 2.37 bits per heavy atom. The number of nitrogens with zero attached hydrogens (tertiary/aromatic N) is 5. The fourth-order valence-electron chi connectivity index (χ4n) is 1.36. The van der Waals surface area contributed by atoms with Crippen LogP contribution in [0.3, 0.4) is 0 Å². The van der Waals surface area contributed by atoms with E-state index in [9.17, 15) is 14.9 Å². The van der Waals surface area contributed by atoms with E-state index in [0.717, 1.165) is 4.68 Å². The summed E-state index contributed by atoms with van der Waals surface area (Å²) >= 11 is 0. The Labute approximate surface area is 106 Å². The number of carbonyl (C=O) groups is 1. The second-order valence-corrected chi connectivity index (χ2v) is 3.36. The van der Waals surface area contributed by atoms with Crippen LogP contribution in [0.2, 0.25) is 0 Å². The number of hydrogen-bond acceptors (Lipinski definition) is 8. The molecular weight excluding hydrogens is 258 g/mol. The lowest BCUT2D eigenvalue weighted by Gasteiger charge is -2.02. The number of esters is 1. The van der Waals surface area contributed by atoms with Gasteiger partial charge in [-0.2, -0.15) is 0 Å². The first kappa shape index (κ1) is 12.7. The molecule has 0 spiro atoms. The Balaban J connectivity index is 2.23. The van der Waals surface area contributed by atoms with Crippen LogP contribution in [-0.2, 0) is 16.1 Å². The highest BCUT2D eigenvalue weighted by atomic mass is 16.6. The normalized spacial score (nSPS) is 10.4. The predicted molar refractivity (Wildman–Crippen MR) is 58.8 cm³/mol. The predicted octanol–water partition coefficient (Wildman–Crippen LogP) is 0.404. The van der Waals surface area contributed by atoms with Crippen LogP contribution < -0.4 is 0 Å². The second-order valence-electron chi connectivity index (χ2n) is 3.36. The van der Waals surface area contributed by atoms with Crippen molar-refractivity contribution in [1.29, 1.82) is 0 Å². The molecule has 10 nitrogen and oxygen atoms in total. The van der Waals surface area contributed by atoms with Gasteiger partial charge in [0.2, 0.25) is 5.82 Å². The van der Waals surface area contributed by atoms with Gasteiger partial charge in [0, 0.05) is 0 Å². The summed E-state index contributed by atoms with van der Waals surface area (Å²) in [6.45, 7) is 1.71. The van der Waals surface area contributed by atoms with E-state index in [1.165, 1.54) is 12.1 Å². The Bertz CT molecular complexity index is 604. The molecule has 2 aromatic rings. The molecule has 0 radical (unpaired) electrons. The highest BCUT2D eigenvalue weighted by molar-refractivity contribution is 5.69. The van der Waals surface area contributed by atoms with Gasteiger partial charge < -0.3 is 9.15 Å². The monoisotopic (exact) mass is 267 g/mol. The summed E-state index contributed by atoms with van der Waals surface area (Å²) in [7, 11) is 0. The number of hydrogen-bond donors (Lipinski definition) is 0. The molecule has 0 fully saturated rings. The molecule has 0 N–H and O–H groups in total. The molecule has 0 saturated heterocycles. The Morgan fingerprint density at radius 1 is 1.58 bits per heavy atom. The average Bonchev–Trinajstić information content (AvgIpc) is 2.96. The number of nitro groups is 1. The maximum Gasteiger partial charge on any atom is 0.433 e. The minimum atomic E-state index is -0.678. The summed E-state index contributed by atoms with van der Waals surface area (Å²) in [5, 5.41) is 21.1. The highest BCUT2D eigenvalue weighted by Crippen LogP contribution is 2.23. The highest BCUT2D eigenvalue weighted by Gasteiger charge is 2.19. The first-order valence-electron chi connectivity index (χ1n) is 5.28. The van der Waals surface area contributed by atoms with Crippen LogP contribution >= 0.6 is 0 Å². The van der Waals surface area contributed by atoms with Crippen molar-refractivity contribution >= 4 is 11.9 Å². The number of aromatic nitrogens is 4. The van der Waals surface area contributed by atoms with Crippen LogP contribution in [0.4, 0.5) is 5.88 Å². The summed E-state index contributed by atoms with van der Waals surface area (Å²) in [5.41, 5.74) is 0. The van der Waals surface area contributed by atoms with E-state index in [4.69, 9.17) is 9.15 Å². The van der Waals surface area contributed by atoms with Crippen LogP contribution in [0.25, 0.3) is 11.6 Å². The van der Waals surface area contributed by atoms with E-state index in [1.807, 2.05) is 0 Å². The standard InChI is InChI=1S/C9H9N5O5/c1-2-18-8(15)5-13-9(10-11-12-13)6-3-4-7(19-6)14(16)17/h3-4H,2,5H2,1H3. The van der Waals surface area contributed by atoms with Crippen molar-refractivity contribution in [3.63, 3.8) is 0 Å². The third kappa shape index (κ3) is 2.73. The van der Waals surface area contributed by atoms with E-state index < -0.39 is 16.8 Å². The summed E-state index contributed by atoms with van der Waals surface area (Å²) in [6.07, 6.45) is 0. The van der Waals surface area contributed by atoms with Gasteiger partial charge in [0.25, 0.3) is 0 Å². The molecule has 100 valence electrons. The van der Waals surface area contributed by atoms with Gasteiger partial charge >= 0.3 is 11.9 Å². The van der Waals surface area contributed by atoms with Crippen molar-refractivity contribution in [3.05, 3.63) is 22.2 Å². The fourth-order valence-corrected chi connectivity index (χ4v) is 1.36. The minimum absolute atomic E-state index is 0.0981. The Morgan fingerprint density at radius 3 is 3.00 bits per heavy atom. The molecule has 19 heavy (non-hydrogen) atoms. The third-order valence-corrected chi connectivity index (χ3v) is 2.11. The Hall–Kier alpha value is -2.78. The van der Waals surface area contributed by atoms with Crippen LogP contribution in [-0.4, -0.2) is 37.7 Å². The van der Waals surface area contributed by atoms with E-state index in [0.29, 0.717) is 0 Å². The molecular formula is C9H9N5O5. The van der Waals surface area contributed by atoms with Gasteiger partial charge in [-0.15, -0.1) is 5.10 Å². The summed E-state index contributed by atoms with van der Waals surface area (Å²) < 4.78 is 10.9. The molecule has 10 heteroatoms. The van der Waals surface area contributed by atoms with Crippen LogP contribution in [0.5, 0.6) is 0 Å². The average molecular weight is 267 g/mol. The zero-order valence-electron chi connectivity index (χ0n) is 9.85. The van der Waals surface area contributed by atoms with Crippen molar-refractivity contribution in [2.45, 2.75) is 13.5 Å². The van der Waals surface area contributed by atoms with Gasteiger partial charge in [0.1, 0.15) is 11.5 Å². The zero-order chi connectivity index (χ0) is 13.8. The van der Waals surface area contributed by atoms with Crippen LogP contribution in [0.1, 0.15) is 6.92 Å². The number of tetrazole rings is 1. The molecule has 0 aliphatic rings. The molecule has 0 atom stereocenters. The molecule has 0 saturated carbocycles. The maximum absolute atomic E-state index is 11.3. The molecule has 0 bridgehead atoms. The SMILES string of the molecule is CCOC(=O)Cn1nnnc1-c1ccc([N+](=O)[O-])o1. The molecule has 2 rings (SSSR count). The van der Waals surface area contributed by atoms with Crippen molar-refractivity contribution in [3.8, 4) is 11.6 Å². The summed E-state index contributed by atoms with van der Waals surface area (Å²) in [4.78, 5) is 21.2. The first-order chi connectivity index (χ1) is 9.11. The Kier molecular flexibility index (Phi) is 3.50. The fraction of sp³-hybridized carbons (Fsp3) is 0.333. The van der Waals surface area contributed by atoms with E-state index in [-0.39, 0.29) is 24.7 Å². The lowest BCUT2D eigenvalue weighted by atomic mass is 10.4. The van der Waals surface area contributed by atoms with Gasteiger partial charge in [-0.1, -0.05) is 0 Å². The second kappa shape index (κ2) is 5.25. The third-order valence-electron chi connectivity index (χ3n) is 2.11. The zero-order valence-corrected chi connectivity index (χ0v) is 9.85.